The van der Waals surface area contributed by atoms with Gasteiger partial charge in [0.2, 0.25) is 0 Å². The molecule has 36 heavy (non-hydrogen) atoms. The monoisotopic (exact) mass is 481 g/mol. The van der Waals surface area contributed by atoms with Crippen molar-refractivity contribution in [1.82, 2.24) is 10.2 Å². The molecular weight excluding hydrogens is 450 g/mol. The predicted molar refractivity (Wildman–Crippen MR) is 140 cm³/mol. The van der Waals surface area contributed by atoms with Crippen LogP contribution in [0.25, 0.3) is 0 Å². The highest BCUT2D eigenvalue weighted by Crippen LogP contribution is 2.43. The van der Waals surface area contributed by atoms with Crippen LogP contribution < -0.4 is 10.1 Å². The molecule has 1 atom stereocenters. The minimum absolute atomic E-state index is 0.106. The van der Waals surface area contributed by atoms with Crippen LogP contribution in [-0.4, -0.2) is 48.4 Å². The van der Waals surface area contributed by atoms with Crippen molar-refractivity contribution in [2.45, 2.75) is 33.1 Å². The van der Waals surface area contributed by atoms with Gasteiger partial charge >= 0.3 is 0 Å². The topological polar surface area (TPSA) is 71.0 Å². The van der Waals surface area contributed by atoms with Gasteiger partial charge in [-0.15, -0.1) is 0 Å². The van der Waals surface area contributed by atoms with E-state index in [0.717, 1.165) is 37.5 Å². The fraction of sp³-hybridized carbons (Fsp3) is 0.367. The van der Waals surface area contributed by atoms with Gasteiger partial charge in [-0.1, -0.05) is 37.3 Å². The number of nitrogens with zero attached hydrogens (tertiary/aromatic N) is 2. The summed E-state index contributed by atoms with van der Waals surface area (Å²) in [5.41, 5.74) is 4.33. The lowest BCUT2D eigenvalue weighted by Gasteiger charge is -2.34. The molecule has 0 saturated carbocycles. The van der Waals surface area contributed by atoms with E-state index in [9.17, 15) is 9.59 Å². The zero-order valence-corrected chi connectivity index (χ0v) is 20.8. The highest BCUT2D eigenvalue weighted by molar-refractivity contribution is 6.33. The smallest absolute Gasteiger partial charge is 0.192 e. The van der Waals surface area contributed by atoms with Crippen LogP contribution in [0, 0.1) is 18.8 Å². The standard InChI is InChI=1S/C30H31N3O3/c1-18-10-14-33(15-11-18)13-5-12-31-23-17-25-28(32-22-9-8-19(2)16-24(22)36-25)27-26(23)29(34)20-6-3-4-7-21(20)30(27)35/h3-4,6-9,16-18,27,31H,5,10-15H2,1-2H3. The molecule has 2 heterocycles. The van der Waals surface area contributed by atoms with E-state index in [4.69, 9.17) is 9.73 Å². The zero-order chi connectivity index (χ0) is 24.8. The number of nitrogens with one attached hydrogen (secondary N) is 1. The molecular formula is C30H31N3O3. The Morgan fingerprint density at radius 2 is 1.86 bits per heavy atom. The number of likely N-dealkylation sites (tertiary alicyclic amines) is 1. The highest BCUT2D eigenvalue weighted by Gasteiger charge is 2.46. The summed E-state index contributed by atoms with van der Waals surface area (Å²) in [6, 6.07) is 12.9. The average Bonchev–Trinajstić information content (AvgIpc) is 2.89. The van der Waals surface area contributed by atoms with Crippen LogP contribution in [0.4, 0.5) is 5.69 Å². The van der Waals surface area contributed by atoms with Crippen LogP contribution in [0.2, 0.25) is 0 Å². The first-order valence-electron chi connectivity index (χ1n) is 13.0. The number of carbonyl (C=O) groups is 2. The first-order valence-corrected chi connectivity index (χ1v) is 13.0. The van der Waals surface area contributed by atoms with Gasteiger partial charge in [0, 0.05) is 35.0 Å². The molecule has 1 saturated heterocycles. The van der Waals surface area contributed by atoms with E-state index in [-0.39, 0.29) is 11.6 Å². The van der Waals surface area contributed by atoms with E-state index in [1.54, 1.807) is 24.3 Å². The molecule has 0 radical (unpaired) electrons. The van der Waals surface area contributed by atoms with Crippen LogP contribution in [0.5, 0.6) is 5.75 Å². The molecule has 4 aliphatic rings. The van der Waals surface area contributed by atoms with E-state index in [2.05, 4.69) is 17.1 Å². The summed E-state index contributed by atoms with van der Waals surface area (Å²) < 4.78 is 6.26. The maximum atomic E-state index is 13.7. The summed E-state index contributed by atoms with van der Waals surface area (Å²) in [4.78, 5) is 34.8. The molecule has 1 fully saturated rings. The van der Waals surface area contributed by atoms with Gasteiger partial charge in [-0.05, 0) is 69.4 Å². The number of ketones is 2. The van der Waals surface area contributed by atoms with Crippen molar-refractivity contribution in [3.63, 3.8) is 0 Å². The number of hydrogen-bond acceptors (Lipinski definition) is 6. The SMILES string of the molecule is Cc1ccc2c(c1)OC1=CC(NCCCN3CCC(C)CC3)=C3C(=O)c4ccccc4C(=O)C3C1=N2. The Hall–Kier alpha value is -3.51. The summed E-state index contributed by atoms with van der Waals surface area (Å²) in [6.07, 6.45) is 5.33. The van der Waals surface area contributed by atoms with Crippen molar-refractivity contribution in [1.29, 1.82) is 0 Å². The number of carbonyl (C=O) groups excluding carboxylic acids is 2. The lowest BCUT2D eigenvalue weighted by molar-refractivity contribution is 0.0908. The van der Waals surface area contributed by atoms with Gasteiger partial charge < -0.3 is 15.0 Å². The molecule has 0 aromatic heterocycles. The fourth-order valence-corrected chi connectivity index (χ4v) is 5.63. The number of Topliss-reactive ketones (excluding diaryl/α,β-unsaturated/α-hetero) is 2. The third kappa shape index (κ3) is 3.99. The predicted octanol–water partition coefficient (Wildman–Crippen LogP) is 5.02. The molecule has 6 rings (SSSR count). The second-order valence-corrected chi connectivity index (χ2v) is 10.4. The first kappa shape index (κ1) is 22.9. The van der Waals surface area contributed by atoms with Crippen molar-refractivity contribution < 1.29 is 14.3 Å². The summed E-state index contributed by atoms with van der Waals surface area (Å²) in [5, 5.41) is 3.49. The van der Waals surface area contributed by atoms with Crippen molar-refractivity contribution in [2.24, 2.45) is 16.8 Å². The highest BCUT2D eigenvalue weighted by atomic mass is 16.5. The Morgan fingerprint density at radius 1 is 1.08 bits per heavy atom. The van der Waals surface area contributed by atoms with Crippen LogP contribution in [0.15, 0.2) is 70.6 Å². The van der Waals surface area contributed by atoms with Crippen LogP contribution in [0.1, 0.15) is 52.5 Å². The summed E-state index contributed by atoms with van der Waals surface area (Å²) >= 11 is 0. The minimum atomic E-state index is -0.770. The van der Waals surface area contributed by atoms with E-state index in [0.29, 0.717) is 51.8 Å². The molecule has 2 aromatic rings. The van der Waals surface area contributed by atoms with Gasteiger partial charge in [-0.3, -0.25) is 9.59 Å². The van der Waals surface area contributed by atoms with Crippen molar-refractivity contribution in [2.75, 3.05) is 26.2 Å². The number of fused-ring (bicyclic) bond motifs is 5. The molecule has 6 heteroatoms. The Kier molecular flexibility index (Phi) is 5.84. The number of hydrogen-bond donors (Lipinski definition) is 1. The quantitative estimate of drug-likeness (QED) is 0.608. The maximum Gasteiger partial charge on any atom is 0.192 e. The van der Waals surface area contributed by atoms with Gasteiger partial charge in [-0.25, -0.2) is 4.99 Å². The van der Waals surface area contributed by atoms with E-state index in [1.807, 2.05) is 31.2 Å². The van der Waals surface area contributed by atoms with Crippen molar-refractivity contribution >= 4 is 23.0 Å². The second-order valence-electron chi connectivity index (χ2n) is 10.4. The second kappa shape index (κ2) is 9.17. The lowest BCUT2D eigenvalue weighted by atomic mass is 9.72. The van der Waals surface area contributed by atoms with Gasteiger partial charge in [0.25, 0.3) is 0 Å². The fourth-order valence-electron chi connectivity index (χ4n) is 5.63. The Labute approximate surface area is 211 Å². The number of aliphatic imine (C=N–C) groups is 1. The number of benzene rings is 2. The molecule has 184 valence electrons. The number of ether oxygens (including phenoxy) is 1. The molecule has 6 nitrogen and oxygen atoms in total. The van der Waals surface area contributed by atoms with Gasteiger partial charge in [0.1, 0.15) is 5.69 Å². The summed E-state index contributed by atoms with van der Waals surface area (Å²) in [5.74, 6) is 1.03. The van der Waals surface area contributed by atoms with Crippen LogP contribution in [-0.2, 0) is 0 Å². The molecule has 0 amide bonds. The largest absolute Gasteiger partial charge is 0.453 e. The van der Waals surface area contributed by atoms with Crippen molar-refractivity contribution in [3.05, 3.63) is 82.3 Å². The third-order valence-corrected chi connectivity index (χ3v) is 7.74. The number of rotatable bonds is 5. The average molecular weight is 482 g/mol. The minimum Gasteiger partial charge on any atom is -0.453 e. The molecule has 2 aliphatic carbocycles. The normalized spacial score (nSPS) is 21.6. The van der Waals surface area contributed by atoms with E-state index in [1.165, 1.54) is 12.8 Å². The Bertz CT molecular complexity index is 1340. The lowest BCUT2D eigenvalue weighted by Crippen LogP contribution is -2.42. The third-order valence-electron chi connectivity index (χ3n) is 7.74. The molecule has 2 aliphatic heterocycles. The van der Waals surface area contributed by atoms with Crippen LogP contribution >= 0.6 is 0 Å². The molecule has 1 unspecified atom stereocenters. The van der Waals surface area contributed by atoms with E-state index >= 15 is 0 Å². The van der Waals surface area contributed by atoms with Crippen LogP contribution in [0.3, 0.4) is 0 Å². The Morgan fingerprint density at radius 3 is 2.67 bits per heavy atom. The van der Waals surface area contributed by atoms with Gasteiger partial charge in [0.15, 0.2) is 23.1 Å². The number of aryl methyl sites for hydroxylation is 1. The molecule has 2 aromatic carbocycles. The summed E-state index contributed by atoms with van der Waals surface area (Å²) in [7, 11) is 0. The zero-order valence-electron chi connectivity index (χ0n) is 20.8. The van der Waals surface area contributed by atoms with Crippen molar-refractivity contribution in [3.8, 4) is 5.75 Å². The summed E-state index contributed by atoms with van der Waals surface area (Å²) in [6.45, 7) is 8.37. The number of allylic oxidation sites excluding steroid dienone is 3. The molecule has 1 N–H and O–H groups in total. The maximum absolute atomic E-state index is 13.7. The number of piperidine rings is 1. The first-order chi connectivity index (χ1) is 17.5. The van der Waals surface area contributed by atoms with Gasteiger partial charge in [0.05, 0.1) is 11.6 Å². The van der Waals surface area contributed by atoms with E-state index < -0.39 is 5.92 Å². The molecule has 0 bridgehead atoms. The van der Waals surface area contributed by atoms with Gasteiger partial charge in [-0.2, -0.15) is 0 Å². The Balaban J connectivity index is 1.33. The molecule has 0 spiro atoms.